The first-order valence-electron chi connectivity index (χ1n) is 7.08. The minimum Gasteiger partial charge on any atom is -0.479 e. The maximum atomic E-state index is 12.8. The van der Waals surface area contributed by atoms with Crippen LogP contribution in [0.25, 0.3) is 10.9 Å². The van der Waals surface area contributed by atoms with Gasteiger partial charge in [-0.05, 0) is 25.3 Å². The Morgan fingerprint density at radius 3 is 2.90 bits per heavy atom. The van der Waals surface area contributed by atoms with Crippen LogP contribution in [0.4, 0.5) is 0 Å². The molecular formula is C15H17N3O3. The molecule has 2 aromatic rings. The largest absolute Gasteiger partial charge is 0.479 e. The van der Waals surface area contributed by atoms with Crippen LogP contribution in [0.5, 0.6) is 0 Å². The molecule has 1 fully saturated rings. The topological polar surface area (TPSA) is 86.3 Å². The molecule has 110 valence electrons. The molecular weight excluding hydrogens is 270 g/mol. The zero-order valence-electron chi connectivity index (χ0n) is 11.8. The van der Waals surface area contributed by atoms with E-state index in [-0.39, 0.29) is 5.91 Å². The predicted octanol–water partition coefficient (Wildman–Crippen LogP) is 2.03. The number of aliphatic carboxylic acids is 1. The van der Waals surface area contributed by atoms with E-state index in [4.69, 9.17) is 0 Å². The van der Waals surface area contributed by atoms with Crippen molar-refractivity contribution in [1.29, 1.82) is 0 Å². The summed E-state index contributed by atoms with van der Waals surface area (Å²) in [4.78, 5) is 25.9. The molecule has 1 aliphatic rings. The maximum absolute atomic E-state index is 12.8. The fraction of sp³-hybridized carbons (Fsp3) is 0.400. The number of carbonyl (C=O) groups excluding carboxylic acids is 1. The number of carbonyl (C=O) groups is 2. The van der Waals surface area contributed by atoms with Gasteiger partial charge in [-0.2, -0.15) is 5.10 Å². The highest BCUT2D eigenvalue weighted by molar-refractivity contribution is 6.06. The van der Waals surface area contributed by atoms with Crippen molar-refractivity contribution in [3.8, 4) is 0 Å². The number of H-pyrrole nitrogens is 1. The number of hydrogen-bond acceptors (Lipinski definition) is 3. The molecule has 1 aliphatic heterocycles. The van der Waals surface area contributed by atoms with Gasteiger partial charge in [0.15, 0.2) is 5.69 Å². The minimum atomic E-state index is -1.10. The third kappa shape index (κ3) is 1.90. The quantitative estimate of drug-likeness (QED) is 0.904. The number of aromatic amines is 1. The van der Waals surface area contributed by atoms with E-state index in [0.29, 0.717) is 31.5 Å². The van der Waals surface area contributed by atoms with Gasteiger partial charge in [0, 0.05) is 11.9 Å². The molecule has 2 heterocycles. The fourth-order valence-electron chi connectivity index (χ4n) is 3.17. The Bertz CT molecular complexity index is 709. The average Bonchev–Trinajstić information content (AvgIpc) is 3.11. The van der Waals surface area contributed by atoms with E-state index in [1.807, 2.05) is 31.2 Å². The molecule has 21 heavy (non-hydrogen) atoms. The molecule has 1 aromatic heterocycles. The summed E-state index contributed by atoms with van der Waals surface area (Å²) in [6.07, 6.45) is 1.59. The van der Waals surface area contributed by atoms with Crippen molar-refractivity contribution in [2.45, 2.75) is 31.7 Å². The molecule has 3 rings (SSSR count). The van der Waals surface area contributed by atoms with E-state index in [2.05, 4.69) is 10.2 Å². The number of para-hydroxylation sites is 1. The summed E-state index contributed by atoms with van der Waals surface area (Å²) >= 11 is 0. The summed E-state index contributed by atoms with van der Waals surface area (Å²) in [5.74, 6) is -1.25. The van der Waals surface area contributed by atoms with E-state index >= 15 is 0 Å². The summed E-state index contributed by atoms with van der Waals surface area (Å²) in [7, 11) is 0. The number of amides is 1. The van der Waals surface area contributed by atoms with Crippen molar-refractivity contribution in [1.82, 2.24) is 15.1 Å². The van der Waals surface area contributed by atoms with Crippen LogP contribution < -0.4 is 0 Å². The van der Waals surface area contributed by atoms with Gasteiger partial charge in [0.25, 0.3) is 5.91 Å². The van der Waals surface area contributed by atoms with Crippen LogP contribution in [-0.2, 0) is 4.79 Å². The van der Waals surface area contributed by atoms with Gasteiger partial charge in [0.05, 0.1) is 5.52 Å². The lowest BCUT2D eigenvalue weighted by molar-refractivity contribution is -0.148. The lowest BCUT2D eigenvalue weighted by Crippen LogP contribution is -2.52. The summed E-state index contributed by atoms with van der Waals surface area (Å²) in [5.41, 5.74) is -0.0269. The van der Waals surface area contributed by atoms with Gasteiger partial charge in [0.2, 0.25) is 0 Å². The lowest BCUT2D eigenvalue weighted by atomic mass is 9.92. The van der Waals surface area contributed by atoms with Crippen molar-refractivity contribution >= 4 is 22.8 Å². The number of carboxylic acid groups (broad SMARTS) is 1. The van der Waals surface area contributed by atoms with Crippen molar-refractivity contribution < 1.29 is 14.7 Å². The standard InChI is InChI=1S/C15H17N3O3/c1-2-15(14(20)21)8-5-9-18(15)13(19)12-10-6-3-4-7-11(10)16-17-12/h3-4,6-7H,2,5,8-9H2,1H3,(H,16,17)(H,20,21). The van der Waals surface area contributed by atoms with Crippen molar-refractivity contribution in [3.05, 3.63) is 30.0 Å². The molecule has 6 nitrogen and oxygen atoms in total. The molecule has 1 saturated heterocycles. The molecule has 6 heteroatoms. The molecule has 0 saturated carbocycles. The normalized spacial score (nSPS) is 21.9. The van der Waals surface area contributed by atoms with Crippen LogP contribution in [0, 0.1) is 0 Å². The molecule has 0 bridgehead atoms. The van der Waals surface area contributed by atoms with E-state index in [1.54, 1.807) is 0 Å². The number of nitrogens with zero attached hydrogens (tertiary/aromatic N) is 2. The highest BCUT2D eigenvalue weighted by Gasteiger charge is 2.49. The Labute approximate surface area is 121 Å². The second-order valence-electron chi connectivity index (χ2n) is 5.37. The molecule has 0 radical (unpaired) electrons. The zero-order chi connectivity index (χ0) is 15.0. The van der Waals surface area contributed by atoms with E-state index < -0.39 is 11.5 Å². The SMILES string of the molecule is CCC1(C(=O)O)CCCN1C(=O)c1n[nH]c2ccccc12. The average molecular weight is 287 g/mol. The minimum absolute atomic E-state index is 0.298. The highest BCUT2D eigenvalue weighted by Crippen LogP contribution is 2.34. The van der Waals surface area contributed by atoms with Crippen LogP contribution in [0.2, 0.25) is 0 Å². The second-order valence-corrected chi connectivity index (χ2v) is 5.37. The Morgan fingerprint density at radius 1 is 1.43 bits per heavy atom. The molecule has 1 amide bonds. The predicted molar refractivity (Wildman–Crippen MR) is 77.0 cm³/mol. The van der Waals surface area contributed by atoms with E-state index in [9.17, 15) is 14.7 Å². The molecule has 2 N–H and O–H groups in total. The second kappa shape index (κ2) is 4.87. The van der Waals surface area contributed by atoms with Crippen molar-refractivity contribution in [2.24, 2.45) is 0 Å². The number of benzene rings is 1. The third-order valence-corrected chi connectivity index (χ3v) is 4.39. The number of aromatic nitrogens is 2. The number of likely N-dealkylation sites (tertiary alicyclic amines) is 1. The highest BCUT2D eigenvalue weighted by atomic mass is 16.4. The van der Waals surface area contributed by atoms with Gasteiger partial charge < -0.3 is 10.0 Å². The summed E-state index contributed by atoms with van der Waals surface area (Å²) in [5, 5.41) is 17.2. The smallest absolute Gasteiger partial charge is 0.329 e. The van der Waals surface area contributed by atoms with Crippen LogP contribution in [0.3, 0.4) is 0 Å². The summed E-state index contributed by atoms with van der Waals surface area (Å²) in [6.45, 7) is 2.27. The number of fused-ring (bicyclic) bond motifs is 1. The van der Waals surface area contributed by atoms with Crippen LogP contribution in [-0.4, -0.2) is 44.2 Å². The first-order chi connectivity index (χ1) is 10.1. The maximum Gasteiger partial charge on any atom is 0.329 e. The Hall–Kier alpha value is -2.37. The van der Waals surface area contributed by atoms with Crippen molar-refractivity contribution in [3.63, 3.8) is 0 Å². The third-order valence-electron chi connectivity index (χ3n) is 4.39. The summed E-state index contributed by atoms with van der Waals surface area (Å²) < 4.78 is 0. The molecule has 0 spiro atoms. The summed E-state index contributed by atoms with van der Waals surface area (Å²) in [6, 6.07) is 7.35. The Balaban J connectivity index is 2.03. The van der Waals surface area contributed by atoms with Gasteiger partial charge in [-0.3, -0.25) is 9.89 Å². The molecule has 1 aromatic carbocycles. The first-order valence-corrected chi connectivity index (χ1v) is 7.08. The number of hydrogen-bond donors (Lipinski definition) is 2. The fourth-order valence-corrected chi connectivity index (χ4v) is 3.17. The van der Waals surface area contributed by atoms with Gasteiger partial charge >= 0.3 is 5.97 Å². The van der Waals surface area contributed by atoms with Crippen LogP contribution >= 0.6 is 0 Å². The van der Waals surface area contributed by atoms with E-state index in [1.165, 1.54) is 4.90 Å². The Morgan fingerprint density at radius 2 is 2.19 bits per heavy atom. The van der Waals surface area contributed by atoms with E-state index in [0.717, 1.165) is 10.9 Å². The molecule has 1 unspecified atom stereocenters. The van der Waals surface area contributed by atoms with Crippen LogP contribution in [0.15, 0.2) is 24.3 Å². The van der Waals surface area contributed by atoms with Crippen LogP contribution in [0.1, 0.15) is 36.7 Å². The molecule has 1 atom stereocenters. The Kier molecular flexibility index (Phi) is 3.16. The van der Waals surface area contributed by atoms with Gasteiger partial charge in [0.1, 0.15) is 5.54 Å². The molecule has 0 aliphatic carbocycles. The number of rotatable bonds is 3. The van der Waals surface area contributed by atoms with Crippen molar-refractivity contribution in [2.75, 3.05) is 6.54 Å². The lowest BCUT2D eigenvalue weighted by Gasteiger charge is -2.33. The first kappa shape index (κ1) is 13.6. The van der Waals surface area contributed by atoms with Gasteiger partial charge in [-0.15, -0.1) is 0 Å². The monoisotopic (exact) mass is 287 g/mol. The number of carboxylic acids is 1. The number of nitrogens with one attached hydrogen (secondary N) is 1. The van der Waals surface area contributed by atoms with Gasteiger partial charge in [-0.1, -0.05) is 25.1 Å². The zero-order valence-corrected chi connectivity index (χ0v) is 11.8. The van der Waals surface area contributed by atoms with Gasteiger partial charge in [-0.25, -0.2) is 4.79 Å².